The van der Waals surface area contributed by atoms with E-state index in [1.54, 1.807) is 24.3 Å². The fourth-order valence-electron chi connectivity index (χ4n) is 1.67. The predicted octanol–water partition coefficient (Wildman–Crippen LogP) is 3.64. The molecule has 0 saturated heterocycles. The number of nitrogens with zero attached hydrogens (tertiary/aromatic N) is 2. The van der Waals surface area contributed by atoms with E-state index in [0.717, 1.165) is 6.20 Å². The number of hydrogen-bond acceptors (Lipinski definition) is 2. The minimum Gasteiger partial charge on any atom is -0.251 e. The van der Waals surface area contributed by atoms with Gasteiger partial charge in [-0.05, 0) is 11.6 Å². The largest absolute Gasteiger partial charge is 0.434 e. The fraction of sp³-hybridized carbons (Fsp3) is 0.0769. The molecule has 0 aliphatic rings. The summed E-state index contributed by atoms with van der Waals surface area (Å²) in [6.07, 6.45) is -3.59. The van der Waals surface area contributed by atoms with E-state index in [1.807, 2.05) is 0 Å². The molecule has 2 rings (SSSR count). The monoisotopic (exact) mass is 248 g/mol. The van der Waals surface area contributed by atoms with Crippen molar-refractivity contribution < 1.29 is 13.2 Å². The zero-order chi connectivity index (χ0) is 13.2. The molecule has 0 bridgehead atoms. The topological polar surface area (TPSA) is 36.7 Å². The van der Waals surface area contributed by atoms with Crippen LogP contribution >= 0.6 is 0 Å². The van der Waals surface area contributed by atoms with E-state index in [1.165, 1.54) is 18.2 Å². The number of aromatic nitrogens is 1. The number of nitriles is 1. The summed E-state index contributed by atoms with van der Waals surface area (Å²) in [5.74, 6) is 0. The SMILES string of the molecule is N#Cc1ccnc(C(F)(F)F)c1-c1ccccc1. The molecular formula is C13H7F3N2. The van der Waals surface area contributed by atoms with Crippen LogP contribution in [0.25, 0.3) is 11.1 Å². The van der Waals surface area contributed by atoms with Gasteiger partial charge in [-0.2, -0.15) is 18.4 Å². The van der Waals surface area contributed by atoms with Gasteiger partial charge in [0.25, 0.3) is 0 Å². The molecule has 0 unspecified atom stereocenters. The Morgan fingerprint density at radius 2 is 1.72 bits per heavy atom. The van der Waals surface area contributed by atoms with Gasteiger partial charge in [0.15, 0.2) is 5.69 Å². The first-order valence-electron chi connectivity index (χ1n) is 5.06. The second kappa shape index (κ2) is 4.49. The summed E-state index contributed by atoms with van der Waals surface area (Å²) >= 11 is 0. The Morgan fingerprint density at radius 1 is 1.06 bits per heavy atom. The van der Waals surface area contributed by atoms with Crippen molar-refractivity contribution >= 4 is 0 Å². The lowest BCUT2D eigenvalue weighted by Crippen LogP contribution is -2.11. The van der Waals surface area contributed by atoms with Gasteiger partial charge in [0.1, 0.15) is 0 Å². The second-order valence-electron chi connectivity index (χ2n) is 3.56. The molecule has 1 aromatic heterocycles. The highest BCUT2D eigenvalue weighted by atomic mass is 19.4. The standard InChI is InChI=1S/C13H7F3N2/c14-13(15,16)12-11(9-4-2-1-3-5-9)10(8-17)6-7-18-12/h1-7H. The van der Waals surface area contributed by atoms with Gasteiger partial charge in [0, 0.05) is 11.8 Å². The number of halogens is 3. The lowest BCUT2D eigenvalue weighted by atomic mass is 9.99. The van der Waals surface area contributed by atoms with E-state index < -0.39 is 11.9 Å². The summed E-state index contributed by atoms with van der Waals surface area (Å²) < 4.78 is 38.6. The lowest BCUT2D eigenvalue weighted by molar-refractivity contribution is -0.140. The number of hydrogen-bond donors (Lipinski definition) is 0. The maximum atomic E-state index is 12.9. The van der Waals surface area contributed by atoms with E-state index in [4.69, 9.17) is 5.26 Å². The van der Waals surface area contributed by atoms with Gasteiger partial charge in [0.2, 0.25) is 0 Å². The van der Waals surface area contributed by atoms with Crippen LogP contribution in [0.5, 0.6) is 0 Å². The quantitative estimate of drug-likeness (QED) is 0.772. The number of pyridine rings is 1. The minimum atomic E-state index is -4.59. The Bertz CT molecular complexity index is 598. The first kappa shape index (κ1) is 12.1. The third kappa shape index (κ3) is 2.18. The molecule has 1 aromatic carbocycles. The Morgan fingerprint density at radius 3 is 2.28 bits per heavy atom. The smallest absolute Gasteiger partial charge is 0.251 e. The lowest BCUT2D eigenvalue weighted by Gasteiger charge is -2.12. The molecule has 0 aliphatic carbocycles. The summed E-state index contributed by atoms with van der Waals surface area (Å²) in [7, 11) is 0. The molecular weight excluding hydrogens is 241 g/mol. The van der Waals surface area contributed by atoms with Crippen molar-refractivity contribution in [2.24, 2.45) is 0 Å². The van der Waals surface area contributed by atoms with Gasteiger partial charge in [-0.25, -0.2) is 0 Å². The molecule has 18 heavy (non-hydrogen) atoms. The highest BCUT2D eigenvalue weighted by Gasteiger charge is 2.36. The summed E-state index contributed by atoms with van der Waals surface area (Å²) in [6, 6.07) is 11.0. The summed E-state index contributed by atoms with van der Waals surface area (Å²) in [5, 5.41) is 8.92. The van der Waals surface area contributed by atoms with Gasteiger partial charge in [-0.3, -0.25) is 4.98 Å². The Balaban J connectivity index is 2.76. The number of rotatable bonds is 1. The Labute approximate surface area is 101 Å². The van der Waals surface area contributed by atoms with Gasteiger partial charge in [-0.15, -0.1) is 0 Å². The summed E-state index contributed by atoms with van der Waals surface area (Å²) in [6.45, 7) is 0. The minimum absolute atomic E-state index is 0.0384. The van der Waals surface area contributed by atoms with Crippen LogP contribution in [0, 0.1) is 11.3 Å². The maximum absolute atomic E-state index is 12.9. The van der Waals surface area contributed by atoms with Gasteiger partial charge < -0.3 is 0 Å². The van der Waals surface area contributed by atoms with Gasteiger partial charge >= 0.3 is 6.18 Å². The molecule has 0 amide bonds. The predicted molar refractivity (Wildman–Crippen MR) is 59.4 cm³/mol. The Kier molecular flexibility index (Phi) is 3.02. The molecule has 2 nitrogen and oxygen atoms in total. The molecule has 90 valence electrons. The van der Waals surface area contributed by atoms with Crippen LogP contribution < -0.4 is 0 Å². The van der Waals surface area contributed by atoms with Crippen LogP contribution in [-0.4, -0.2) is 4.98 Å². The van der Waals surface area contributed by atoms with Crippen molar-refractivity contribution in [2.45, 2.75) is 6.18 Å². The van der Waals surface area contributed by atoms with Crippen LogP contribution in [0.15, 0.2) is 42.6 Å². The zero-order valence-corrected chi connectivity index (χ0v) is 9.07. The maximum Gasteiger partial charge on any atom is 0.434 e. The van der Waals surface area contributed by atoms with E-state index in [-0.39, 0.29) is 11.1 Å². The van der Waals surface area contributed by atoms with Gasteiger partial charge in [0.05, 0.1) is 11.6 Å². The molecule has 0 spiro atoms. The second-order valence-corrected chi connectivity index (χ2v) is 3.56. The number of alkyl halides is 3. The zero-order valence-electron chi connectivity index (χ0n) is 9.07. The van der Waals surface area contributed by atoms with Gasteiger partial charge in [-0.1, -0.05) is 30.3 Å². The summed E-state index contributed by atoms with van der Waals surface area (Å²) in [4.78, 5) is 3.36. The third-order valence-electron chi connectivity index (χ3n) is 2.40. The third-order valence-corrected chi connectivity index (χ3v) is 2.40. The molecule has 2 aromatic rings. The number of benzene rings is 1. The van der Waals surface area contributed by atoms with E-state index >= 15 is 0 Å². The molecule has 1 heterocycles. The Hall–Kier alpha value is -2.35. The highest BCUT2D eigenvalue weighted by molar-refractivity contribution is 5.72. The van der Waals surface area contributed by atoms with Crippen molar-refractivity contribution in [3.05, 3.63) is 53.9 Å². The summed E-state index contributed by atoms with van der Waals surface area (Å²) in [5.41, 5.74) is -0.918. The molecule has 0 radical (unpaired) electrons. The van der Waals surface area contributed by atoms with Crippen LogP contribution in [0.4, 0.5) is 13.2 Å². The molecule has 5 heteroatoms. The first-order chi connectivity index (χ1) is 8.54. The van der Waals surface area contributed by atoms with Crippen molar-refractivity contribution in [2.75, 3.05) is 0 Å². The van der Waals surface area contributed by atoms with Crippen molar-refractivity contribution in [1.29, 1.82) is 5.26 Å². The molecule has 0 fully saturated rings. The first-order valence-corrected chi connectivity index (χ1v) is 5.06. The van der Waals surface area contributed by atoms with E-state index in [9.17, 15) is 13.2 Å². The molecule has 0 atom stereocenters. The average molecular weight is 248 g/mol. The van der Waals surface area contributed by atoms with Crippen LogP contribution in [0.2, 0.25) is 0 Å². The van der Waals surface area contributed by atoms with Crippen LogP contribution in [0.3, 0.4) is 0 Å². The van der Waals surface area contributed by atoms with Crippen molar-refractivity contribution in [3.63, 3.8) is 0 Å². The highest BCUT2D eigenvalue weighted by Crippen LogP contribution is 2.37. The average Bonchev–Trinajstić information content (AvgIpc) is 2.38. The molecule has 0 aliphatic heterocycles. The van der Waals surface area contributed by atoms with Crippen LogP contribution in [-0.2, 0) is 6.18 Å². The van der Waals surface area contributed by atoms with Crippen LogP contribution in [0.1, 0.15) is 11.3 Å². The van der Waals surface area contributed by atoms with Crippen molar-refractivity contribution in [3.8, 4) is 17.2 Å². The fourth-order valence-corrected chi connectivity index (χ4v) is 1.67. The van der Waals surface area contributed by atoms with Crippen molar-refractivity contribution in [1.82, 2.24) is 4.98 Å². The van der Waals surface area contributed by atoms with E-state index in [2.05, 4.69) is 4.98 Å². The molecule has 0 saturated carbocycles. The molecule has 0 N–H and O–H groups in total. The normalized spacial score (nSPS) is 11.0. The van der Waals surface area contributed by atoms with E-state index in [0.29, 0.717) is 5.56 Å².